The summed E-state index contributed by atoms with van der Waals surface area (Å²) in [6.45, 7) is 5.80. The Hall–Kier alpha value is -13.7. The summed E-state index contributed by atoms with van der Waals surface area (Å²) >= 11 is 0. The molecule has 49 heteroatoms. The average molecular weight is 1750 g/mol. The van der Waals surface area contributed by atoms with Crippen molar-refractivity contribution in [2.45, 2.75) is 229 Å². The number of hydrogen-bond acceptors (Lipinski definition) is 27. The van der Waals surface area contributed by atoms with Crippen LogP contribution in [0.15, 0.2) is 48.5 Å². The summed E-state index contributed by atoms with van der Waals surface area (Å²) in [6, 6.07) is -18.7. The van der Waals surface area contributed by atoms with Crippen LogP contribution < -0.4 is 74.4 Å². The fourth-order valence-electron chi connectivity index (χ4n) is 11.3. The number of amides is 14. The lowest BCUT2D eigenvalue weighted by Crippen LogP contribution is -2.63. The number of nitrogens with one attached hydrogen (secondary N) is 14. The Labute approximate surface area is 699 Å². The number of phenols is 2. The summed E-state index contributed by atoms with van der Waals surface area (Å²) in [4.78, 5) is 290. The van der Waals surface area contributed by atoms with E-state index in [0.717, 1.165) is 26.0 Å². The van der Waals surface area contributed by atoms with Crippen molar-refractivity contribution >= 4 is 130 Å². The van der Waals surface area contributed by atoms with E-state index in [4.69, 9.17) is 0 Å². The second-order valence-corrected chi connectivity index (χ2v) is 28.3. The van der Waals surface area contributed by atoms with E-state index in [0.29, 0.717) is 0 Å². The van der Waals surface area contributed by atoms with Crippen molar-refractivity contribution in [3.63, 3.8) is 0 Å². The lowest BCUT2D eigenvalue weighted by molar-refractivity contribution is -0.147. The number of carboxylic acid groups (broad SMARTS) is 8. The molecule has 49 nitrogen and oxygen atoms in total. The van der Waals surface area contributed by atoms with Gasteiger partial charge in [0.2, 0.25) is 82.7 Å². The number of aromatic hydroxyl groups is 2. The maximum atomic E-state index is 14.5. The second-order valence-electron chi connectivity index (χ2n) is 28.3. The minimum absolute atomic E-state index is 0.0759. The van der Waals surface area contributed by atoms with Gasteiger partial charge in [0.1, 0.15) is 96.1 Å². The smallest absolute Gasteiger partial charge is 0.326 e. The van der Waals surface area contributed by atoms with Gasteiger partial charge in [-0.1, -0.05) is 64.8 Å². The summed E-state index contributed by atoms with van der Waals surface area (Å²) < 4.78 is 0. The van der Waals surface area contributed by atoms with Crippen LogP contribution in [-0.4, -0.2) is 301 Å². The Bertz CT molecular complexity index is 4130. The monoisotopic (exact) mass is 1750 g/mol. The van der Waals surface area contributed by atoms with Crippen molar-refractivity contribution in [3.05, 3.63) is 59.7 Å². The third-order valence-electron chi connectivity index (χ3n) is 18.5. The molecule has 0 aliphatic heterocycles. The maximum absolute atomic E-state index is 14.5. The number of aliphatic hydroxyl groups is 3. The van der Waals surface area contributed by atoms with Gasteiger partial charge in [0.05, 0.1) is 38.6 Å². The molecule has 27 N–H and O–H groups in total. The number of carboxylic acids is 8. The zero-order chi connectivity index (χ0) is 93.4. The van der Waals surface area contributed by atoms with Crippen LogP contribution in [0.1, 0.15) is 136 Å². The summed E-state index contributed by atoms with van der Waals surface area (Å²) in [6.07, 6.45) is -14.7. The molecule has 0 aliphatic carbocycles. The van der Waals surface area contributed by atoms with E-state index in [2.05, 4.69) is 53.2 Å². The van der Waals surface area contributed by atoms with E-state index in [1.165, 1.54) is 57.2 Å². The number of carbonyl (C=O) groups is 22. The largest absolute Gasteiger partial charge is 0.508 e. The van der Waals surface area contributed by atoms with E-state index in [1.807, 2.05) is 21.3 Å². The van der Waals surface area contributed by atoms with Gasteiger partial charge in [-0.05, 0) is 79.8 Å². The molecule has 0 aromatic heterocycles. The summed E-state index contributed by atoms with van der Waals surface area (Å²) in [7, 11) is 0. The molecule has 0 unspecified atom stereocenters. The highest BCUT2D eigenvalue weighted by Crippen LogP contribution is 2.18. The Kier molecular flexibility index (Phi) is 44.8. The second kappa shape index (κ2) is 52.3. The molecule has 0 saturated carbocycles. The summed E-state index contributed by atoms with van der Waals surface area (Å²) in [5.41, 5.74) is 0.320. The number of rotatable bonds is 57. The van der Waals surface area contributed by atoms with Crippen LogP contribution in [0, 0.1) is 11.8 Å². The summed E-state index contributed by atoms with van der Waals surface area (Å²) in [5.74, 6) is -35.1. The zero-order valence-corrected chi connectivity index (χ0v) is 67.2. The highest BCUT2D eigenvalue weighted by Gasteiger charge is 2.41. The number of phenolic OH excluding ortho intramolecular Hbond substituents is 2. The molecule has 0 bridgehead atoms. The molecule has 2 aromatic carbocycles. The number of aliphatic hydroxyl groups excluding tert-OH is 3. The standard InChI is InChI=1S/C74H104N14O35/c1-7-32(3)58(71(119)79-42(19-23-53(99)100)62(110)76-40(17-21-51(95)96)61(109)77-41(18-22-52(97)98)63(111)82-46(27-55(103)104)67(115)80-44(25-36-9-13-38(93)14-10-36)65(113)84-48(74(122)123)29-57(107)108)86-64(112)43(20-24-54(101)102)78-66(114)47(28-56(105)106)83-73(121)60(34(5)91)88-68(116)45(26-37-11-15-39(94)16-12-37)81-69(117)50(31-90)85-72(120)59(33(4)8-2)87-70(118)49(30-89)75-35(6)92/h9-16,32-34,40-50,58-60,89-91,93-94H,7-8,17-31H2,1-6H3,(H,75,92)(H,76,110)(H,77,109)(H,78,114)(H,79,119)(H,80,115)(H,81,117)(H,82,111)(H,83,121)(H,84,113)(H,85,120)(H,86,112)(H,87,118)(H,88,116)(H,95,96)(H,97,98)(H,99,100)(H,101,102)(H,103,104)(H,105,106)(H,107,108)(H,122,123)/t32-,33-,34+,40-,41-,42-,43-,44-,45-,46-,47-,48-,49-,50-,58-,59-,60-/m0/s1. The fraction of sp³-hybridized carbons (Fsp3) is 0.541. The van der Waals surface area contributed by atoms with Gasteiger partial charge in [-0.2, -0.15) is 0 Å². The molecule has 680 valence electrons. The van der Waals surface area contributed by atoms with Gasteiger partial charge in [0, 0.05) is 45.4 Å². The van der Waals surface area contributed by atoms with Gasteiger partial charge < -0.3 is 141 Å². The van der Waals surface area contributed by atoms with Crippen LogP contribution in [0.4, 0.5) is 0 Å². The minimum atomic E-state index is -2.34. The van der Waals surface area contributed by atoms with Gasteiger partial charge in [-0.3, -0.25) is 101 Å². The average Bonchev–Trinajstić information content (AvgIpc) is 0.850. The molecule has 2 aromatic rings. The first-order valence-electron chi connectivity index (χ1n) is 38.0. The predicted molar refractivity (Wildman–Crippen MR) is 413 cm³/mol. The predicted octanol–water partition coefficient (Wildman–Crippen LogP) is -7.88. The van der Waals surface area contributed by atoms with Gasteiger partial charge in [-0.25, -0.2) is 4.79 Å². The molecule has 0 spiro atoms. The van der Waals surface area contributed by atoms with Crippen LogP contribution in [0.3, 0.4) is 0 Å². The highest BCUT2D eigenvalue weighted by molar-refractivity contribution is 6.02. The fourth-order valence-corrected chi connectivity index (χ4v) is 11.3. The van der Waals surface area contributed by atoms with Gasteiger partial charge >= 0.3 is 47.8 Å². The Morgan fingerprint density at radius 1 is 0.285 bits per heavy atom. The van der Waals surface area contributed by atoms with Crippen LogP contribution in [0.5, 0.6) is 11.5 Å². The first kappa shape index (κ1) is 105. The van der Waals surface area contributed by atoms with E-state index in [9.17, 15) is 172 Å². The van der Waals surface area contributed by atoms with Gasteiger partial charge in [0.15, 0.2) is 0 Å². The number of hydrogen-bond donors (Lipinski definition) is 27. The first-order chi connectivity index (χ1) is 57.5. The quantitative estimate of drug-likeness (QED) is 0.0292. The van der Waals surface area contributed by atoms with E-state index in [1.54, 1.807) is 6.92 Å². The van der Waals surface area contributed by atoms with Crippen LogP contribution >= 0.6 is 0 Å². The number of carbonyl (C=O) groups excluding carboxylic acids is 14. The Morgan fingerprint density at radius 2 is 0.512 bits per heavy atom. The number of aliphatic carboxylic acids is 8. The molecule has 0 heterocycles. The molecule has 0 radical (unpaired) electrons. The van der Waals surface area contributed by atoms with E-state index >= 15 is 0 Å². The zero-order valence-electron chi connectivity index (χ0n) is 67.2. The lowest BCUT2D eigenvalue weighted by Gasteiger charge is -2.30. The van der Waals surface area contributed by atoms with Crippen molar-refractivity contribution in [2.24, 2.45) is 11.8 Å². The molecular weight excluding hydrogens is 1640 g/mol. The number of benzene rings is 2. The van der Waals surface area contributed by atoms with Crippen molar-refractivity contribution in [1.82, 2.24) is 74.4 Å². The Morgan fingerprint density at radius 3 is 0.813 bits per heavy atom. The topological polar surface area (TPSA) is 807 Å². The lowest BCUT2D eigenvalue weighted by atomic mass is 9.96. The van der Waals surface area contributed by atoms with Gasteiger partial charge in [-0.15, -0.1) is 0 Å². The molecule has 0 saturated heterocycles. The third kappa shape index (κ3) is 38.5. The Balaban J connectivity index is 2.61. The molecular formula is C74H104N14O35. The van der Waals surface area contributed by atoms with Crippen LogP contribution in [-0.2, 0) is 118 Å². The maximum Gasteiger partial charge on any atom is 0.326 e. The van der Waals surface area contributed by atoms with Crippen molar-refractivity contribution in [1.29, 1.82) is 0 Å². The van der Waals surface area contributed by atoms with E-state index in [-0.39, 0.29) is 35.5 Å². The molecule has 0 aliphatic rings. The SMILES string of the molecule is CC[C@H](C)[C@H](NC(=O)[C@H](CO)NC(C)=O)C(=O)N[C@@H](CO)C(=O)N[C@@H](Cc1ccc(O)cc1)C(=O)N[C@H](C(=O)N[C@@H](CC(=O)O)C(=O)N[C@@H](CCC(=O)O)C(=O)N[C@H](C(=O)N[C@@H](CCC(=O)O)C(=O)N[C@@H](CCC(=O)O)C(=O)N[C@@H](CCC(=O)O)C(=O)N[C@@H](CC(=O)O)C(=O)N[C@@H](Cc1ccc(O)cc1)C(=O)N[C@@H](CC(=O)O)C(=O)O)[C@@H](C)CC)[C@@H](C)O. The van der Waals surface area contributed by atoms with Crippen molar-refractivity contribution in [2.75, 3.05) is 13.2 Å². The van der Waals surface area contributed by atoms with Gasteiger partial charge in [0.25, 0.3) is 0 Å². The first-order valence-corrected chi connectivity index (χ1v) is 38.0. The molecule has 14 amide bonds. The van der Waals surface area contributed by atoms with Crippen LogP contribution in [0.25, 0.3) is 0 Å². The minimum Gasteiger partial charge on any atom is -0.508 e. The normalized spacial score (nSPS) is 15.1. The highest BCUT2D eigenvalue weighted by atomic mass is 16.4. The third-order valence-corrected chi connectivity index (χ3v) is 18.5. The molecule has 2 rings (SSSR count). The molecule has 0 fully saturated rings. The van der Waals surface area contributed by atoms with Crippen molar-refractivity contribution < 1.29 is 172 Å². The molecule has 123 heavy (non-hydrogen) atoms. The van der Waals surface area contributed by atoms with E-state index < -0.39 is 330 Å². The van der Waals surface area contributed by atoms with Crippen molar-refractivity contribution in [3.8, 4) is 11.5 Å². The molecule has 17 atom stereocenters. The summed E-state index contributed by atoms with van der Waals surface area (Å²) in [5, 5.41) is 158. The van der Waals surface area contributed by atoms with Crippen LogP contribution in [0.2, 0.25) is 0 Å².